The summed E-state index contributed by atoms with van der Waals surface area (Å²) in [5, 5.41) is 17.1. The van der Waals surface area contributed by atoms with E-state index in [4.69, 9.17) is 0 Å². The summed E-state index contributed by atoms with van der Waals surface area (Å²) >= 11 is 1.79. The van der Waals surface area contributed by atoms with E-state index in [1.807, 2.05) is 18.5 Å². The molecule has 0 fully saturated rings. The minimum atomic E-state index is 0.518. The van der Waals surface area contributed by atoms with Crippen molar-refractivity contribution in [1.82, 2.24) is 25.4 Å². The number of thiophene rings is 1. The highest BCUT2D eigenvalue weighted by molar-refractivity contribution is 7.09. The number of rotatable bonds is 7. The Kier molecular flexibility index (Phi) is 6.58. The van der Waals surface area contributed by atoms with Gasteiger partial charge < -0.3 is 15.2 Å². The van der Waals surface area contributed by atoms with Crippen LogP contribution in [0.5, 0.6) is 0 Å². The molecule has 0 aliphatic heterocycles. The van der Waals surface area contributed by atoms with Gasteiger partial charge >= 0.3 is 0 Å². The number of guanidine groups is 1. The highest BCUT2D eigenvalue weighted by Crippen LogP contribution is 2.08. The van der Waals surface area contributed by atoms with Gasteiger partial charge in [-0.25, -0.2) is 4.99 Å². The van der Waals surface area contributed by atoms with E-state index >= 15 is 0 Å². The lowest BCUT2D eigenvalue weighted by Crippen LogP contribution is -2.40. The zero-order chi connectivity index (χ0) is 16.7. The highest BCUT2D eigenvalue weighted by Gasteiger charge is 2.06. The topological polar surface area (TPSA) is 67.1 Å². The van der Waals surface area contributed by atoms with Crippen molar-refractivity contribution in [2.75, 3.05) is 13.1 Å². The Morgan fingerprint density at radius 1 is 1.35 bits per heavy atom. The third-order valence-corrected chi connectivity index (χ3v) is 4.42. The van der Waals surface area contributed by atoms with Crippen molar-refractivity contribution in [3.05, 3.63) is 34.0 Å². The quantitative estimate of drug-likeness (QED) is 0.601. The average Bonchev–Trinajstić information content (AvgIpc) is 3.13. The van der Waals surface area contributed by atoms with Crippen molar-refractivity contribution in [2.45, 2.75) is 33.7 Å². The summed E-state index contributed by atoms with van der Waals surface area (Å²) in [6.45, 7) is 8.58. The van der Waals surface area contributed by atoms with Crippen molar-refractivity contribution in [3.63, 3.8) is 0 Å². The summed E-state index contributed by atoms with van der Waals surface area (Å²) in [6, 6.07) is 4.25. The molecule has 0 amide bonds. The standard InChI is InChI=1S/C16H26N6S/c1-12(2)10-18-16(17-8-7-14-6-5-9-23-14)19-11-15-21-20-13(3)22(15)4/h5-6,9,12H,7-8,10-11H2,1-4H3,(H2,17,18,19). The lowest BCUT2D eigenvalue weighted by molar-refractivity contribution is 0.612. The molecule has 23 heavy (non-hydrogen) atoms. The molecule has 0 bridgehead atoms. The van der Waals surface area contributed by atoms with Crippen LogP contribution in [0.15, 0.2) is 22.5 Å². The van der Waals surface area contributed by atoms with E-state index in [-0.39, 0.29) is 0 Å². The van der Waals surface area contributed by atoms with E-state index in [2.05, 4.69) is 57.2 Å². The van der Waals surface area contributed by atoms with Crippen molar-refractivity contribution < 1.29 is 0 Å². The third-order valence-electron chi connectivity index (χ3n) is 3.48. The second-order valence-electron chi connectivity index (χ2n) is 5.92. The van der Waals surface area contributed by atoms with Crippen LogP contribution in [0.4, 0.5) is 0 Å². The normalized spacial score (nSPS) is 12.0. The maximum atomic E-state index is 4.63. The van der Waals surface area contributed by atoms with E-state index < -0.39 is 0 Å². The second-order valence-corrected chi connectivity index (χ2v) is 6.95. The smallest absolute Gasteiger partial charge is 0.191 e. The predicted octanol–water partition coefficient (Wildman–Crippen LogP) is 2.12. The van der Waals surface area contributed by atoms with E-state index in [1.54, 1.807) is 11.3 Å². The lowest BCUT2D eigenvalue weighted by atomic mass is 10.2. The van der Waals surface area contributed by atoms with Crippen LogP contribution in [0.1, 0.15) is 30.4 Å². The first-order valence-electron chi connectivity index (χ1n) is 7.95. The Labute approximate surface area is 142 Å². The maximum Gasteiger partial charge on any atom is 0.191 e. The predicted molar refractivity (Wildman–Crippen MR) is 95.7 cm³/mol. The molecule has 0 saturated carbocycles. The van der Waals surface area contributed by atoms with E-state index in [0.29, 0.717) is 12.5 Å². The molecule has 0 atom stereocenters. The molecule has 0 spiro atoms. The fourth-order valence-corrected chi connectivity index (χ4v) is 2.68. The molecule has 126 valence electrons. The molecule has 0 aliphatic rings. The zero-order valence-electron chi connectivity index (χ0n) is 14.3. The van der Waals surface area contributed by atoms with Crippen molar-refractivity contribution in [2.24, 2.45) is 18.0 Å². The van der Waals surface area contributed by atoms with E-state index in [0.717, 1.165) is 37.1 Å². The minimum absolute atomic E-state index is 0.518. The molecule has 2 aromatic rings. The van der Waals surface area contributed by atoms with Crippen LogP contribution in [0.3, 0.4) is 0 Å². The van der Waals surface area contributed by atoms with Gasteiger partial charge in [0, 0.05) is 25.0 Å². The average molecular weight is 334 g/mol. The van der Waals surface area contributed by atoms with Gasteiger partial charge in [-0.15, -0.1) is 21.5 Å². The van der Waals surface area contributed by atoms with Gasteiger partial charge in [-0.3, -0.25) is 0 Å². The number of aryl methyl sites for hydroxylation is 1. The Morgan fingerprint density at radius 3 is 2.78 bits per heavy atom. The Balaban J connectivity index is 1.92. The van der Waals surface area contributed by atoms with Gasteiger partial charge in [0.2, 0.25) is 0 Å². The summed E-state index contributed by atoms with van der Waals surface area (Å²) in [5.41, 5.74) is 0. The van der Waals surface area contributed by atoms with Gasteiger partial charge in [-0.2, -0.15) is 0 Å². The Hall–Kier alpha value is -1.89. The van der Waals surface area contributed by atoms with Crippen LogP contribution in [0.25, 0.3) is 0 Å². The van der Waals surface area contributed by atoms with Gasteiger partial charge in [0.25, 0.3) is 0 Å². The van der Waals surface area contributed by atoms with Crippen molar-refractivity contribution in [3.8, 4) is 0 Å². The van der Waals surface area contributed by atoms with Crippen LogP contribution in [-0.2, 0) is 20.0 Å². The number of aliphatic imine (C=N–C) groups is 1. The summed E-state index contributed by atoms with van der Waals surface area (Å²) < 4.78 is 1.97. The van der Waals surface area contributed by atoms with Gasteiger partial charge in [0.15, 0.2) is 11.8 Å². The third kappa shape index (κ3) is 5.67. The maximum absolute atomic E-state index is 4.63. The lowest BCUT2D eigenvalue weighted by Gasteiger charge is -2.14. The largest absolute Gasteiger partial charge is 0.356 e. The molecule has 0 aliphatic carbocycles. The molecule has 2 N–H and O–H groups in total. The summed E-state index contributed by atoms with van der Waals surface area (Å²) in [4.78, 5) is 6.01. The van der Waals surface area contributed by atoms with Crippen LogP contribution < -0.4 is 10.6 Å². The SMILES string of the molecule is Cc1nnc(CN=C(NCCc2cccs2)NCC(C)C)n1C. The van der Waals surface area contributed by atoms with Crippen LogP contribution in [0.2, 0.25) is 0 Å². The number of aromatic nitrogens is 3. The number of nitrogens with one attached hydrogen (secondary N) is 2. The number of hydrogen-bond acceptors (Lipinski definition) is 4. The Morgan fingerprint density at radius 2 is 2.17 bits per heavy atom. The molecule has 0 radical (unpaired) electrons. The molecule has 0 unspecified atom stereocenters. The summed E-state index contributed by atoms with van der Waals surface area (Å²) in [7, 11) is 1.96. The highest BCUT2D eigenvalue weighted by atomic mass is 32.1. The molecular formula is C16H26N6S. The monoisotopic (exact) mass is 334 g/mol. The zero-order valence-corrected chi connectivity index (χ0v) is 15.2. The summed E-state index contributed by atoms with van der Waals surface area (Å²) in [5.74, 6) is 3.16. The van der Waals surface area contributed by atoms with E-state index in [9.17, 15) is 0 Å². The molecule has 2 rings (SSSR count). The molecule has 2 heterocycles. The van der Waals surface area contributed by atoms with Crippen molar-refractivity contribution in [1.29, 1.82) is 0 Å². The first-order chi connectivity index (χ1) is 11.1. The molecule has 7 heteroatoms. The molecule has 2 aromatic heterocycles. The van der Waals surface area contributed by atoms with Crippen LogP contribution in [0, 0.1) is 12.8 Å². The molecule has 0 aromatic carbocycles. The fraction of sp³-hybridized carbons (Fsp3) is 0.562. The number of nitrogens with zero attached hydrogens (tertiary/aromatic N) is 4. The summed E-state index contributed by atoms with van der Waals surface area (Å²) in [6.07, 6.45) is 1.00. The molecular weight excluding hydrogens is 308 g/mol. The first-order valence-corrected chi connectivity index (χ1v) is 8.83. The van der Waals surface area contributed by atoms with Crippen molar-refractivity contribution >= 4 is 17.3 Å². The van der Waals surface area contributed by atoms with Gasteiger partial charge in [-0.1, -0.05) is 19.9 Å². The molecule has 6 nitrogen and oxygen atoms in total. The Bertz CT molecular complexity index is 615. The van der Waals surface area contributed by atoms with E-state index in [1.165, 1.54) is 4.88 Å². The minimum Gasteiger partial charge on any atom is -0.356 e. The van der Waals surface area contributed by atoms with Crippen LogP contribution in [-0.4, -0.2) is 33.8 Å². The molecule has 0 saturated heterocycles. The second kappa shape index (κ2) is 8.67. The van der Waals surface area contributed by atoms with Gasteiger partial charge in [0.05, 0.1) is 0 Å². The fourth-order valence-electron chi connectivity index (χ4n) is 1.97. The van der Waals surface area contributed by atoms with Gasteiger partial charge in [-0.05, 0) is 30.7 Å². The van der Waals surface area contributed by atoms with Gasteiger partial charge in [0.1, 0.15) is 12.4 Å². The van der Waals surface area contributed by atoms with Crippen LogP contribution >= 0.6 is 11.3 Å². The first kappa shape index (κ1) is 17.5. The number of hydrogen-bond donors (Lipinski definition) is 2.